The zero-order valence-corrected chi connectivity index (χ0v) is 11.2. The molecule has 0 radical (unpaired) electrons. The number of anilines is 1. The number of hydrogen-bond donors (Lipinski definition) is 2. The van der Waals surface area contributed by atoms with Gasteiger partial charge in [0.15, 0.2) is 0 Å². The van der Waals surface area contributed by atoms with Crippen LogP contribution in [-0.2, 0) is 4.79 Å². The standard InChI is InChI=1S/C14H17FN2O3/c1-17(11-6-4-5-10(15)9-11)13(20)16-14(12(18)19)7-2-3-8-14/h4-6,9H,2-3,7-8H2,1H3,(H,16,20)(H,18,19). The van der Waals surface area contributed by atoms with E-state index in [1.165, 1.54) is 30.1 Å². The van der Waals surface area contributed by atoms with Crippen LogP contribution in [0.5, 0.6) is 0 Å². The maximum absolute atomic E-state index is 13.1. The van der Waals surface area contributed by atoms with E-state index in [4.69, 9.17) is 0 Å². The molecule has 0 atom stereocenters. The molecule has 5 nitrogen and oxygen atoms in total. The Hall–Kier alpha value is -2.11. The Labute approximate surface area is 116 Å². The summed E-state index contributed by atoms with van der Waals surface area (Å²) in [6.45, 7) is 0. The van der Waals surface area contributed by atoms with Gasteiger partial charge in [-0.1, -0.05) is 18.9 Å². The van der Waals surface area contributed by atoms with E-state index in [1.54, 1.807) is 6.07 Å². The van der Waals surface area contributed by atoms with Crippen molar-refractivity contribution in [3.63, 3.8) is 0 Å². The van der Waals surface area contributed by atoms with Crippen molar-refractivity contribution in [2.45, 2.75) is 31.2 Å². The fraction of sp³-hybridized carbons (Fsp3) is 0.429. The number of nitrogens with one attached hydrogen (secondary N) is 1. The second-order valence-corrected chi connectivity index (χ2v) is 5.06. The van der Waals surface area contributed by atoms with E-state index in [1.807, 2.05) is 0 Å². The van der Waals surface area contributed by atoms with Crippen molar-refractivity contribution >= 4 is 17.7 Å². The van der Waals surface area contributed by atoms with Crippen molar-refractivity contribution in [1.29, 1.82) is 0 Å². The van der Waals surface area contributed by atoms with Crippen LogP contribution < -0.4 is 10.2 Å². The van der Waals surface area contributed by atoms with Gasteiger partial charge >= 0.3 is 12.0 Å². The minimum absolute atomic E-state index is 0.376. The Morgan fingerprint density at radius 3 is 2.55 bits per heavy atom. The molecule has 1 saturated carbocycles. The predicted molar refractivity (Wildman–Crippen MR) is 72.2 cm³/mol. The number of carbonyl (C=O) groups excluding carboxylic acids is 1. The molecule has 6 heteroatoms. The summed E-state index contributed by atoms with van der Waals surface area (Å²) in [6, 6.07) is 5.05. The number of carbonyl (C=O) groups is 2. The molecule has 0 spiro atoms. The molecule has 2 N–H and O–H groups in total. The van der Waals surface area contributed by atoms with E-state index in [0.29, 0.717) is 18.5 Å². The van der Waals surface area contributed by atoms with Gasteiger partial charge in [0.25, 0.3) is 0 Å². The maximum Gasteiger partial charge on any atom is 0.329 e. The topological polar surface area (TPSA) is 69.6 Å². The summed E-state index contributed by atoms with van der Waals surface area (Å²) in [6.07, 6.45) is 2.39. The van der Waals surface area contributed by atoms with Crippen LogP contribution in [-0.4, -0.2) is 29.7 Å². The van der Waals surface area contributed by atoms with E-state index >= 15 is 0 Å². The molecule has 1 aliphatic rings. The number of rotatable bonds is 3. The first-order valence-corrected chi connectivity index (χ1v) is 6.49. The Kier molecular flexibility index (Phi) is 3.92. The van der Waals surface area contributed by atoms with E-state index in [0.717, 1.165) is 12.8 Å². The maximum atomic E-state index is 13.1. The summed E-state index contributed by atoms with van der Waals surface area (Å²) in [7, 11) is 1.48. The predicted octanol–water partition coefficient (Wildman–Crippen LogP) is 2.37. The Morgan fingerprint density at radius 1 is 1.35 bits per heavy atom. The lowest BCUT2D eigenvalue weighted by molar-refractivity contribution is -0.144. The highest BCUT2D eigenvalue weighted by Crippen LogP contribution is 2.30. The molecule has 2 amide bonds. The Balaban J connectivity index is 2.13. The van der Waals surface area contributed by atoms with Crippen molar-refractivity contribution in [2.24, 2.45) is 0 Å². The number of hydrogen-bond acceptors (Lipinski definition) is 2. The molecule has 0 aromatic heterocycles. The van der Waals surface area contributed by atoms with Crippen LogP contribution >= 0.6 is 0 Å². The number of urea groups is 1. The van der Waals surface area contributed by atoms with Crippen LogP contribution in [0.4, 0.5) is 14.9 Å². The van der Waals surface area contributed by atoms with Crippen LogP contribution in [0.25, 0.3) is 0 Å². The van der Waals surface area contributed by atoms with Gasteiger partial charge in [0.1, 0.15) is 11.4 Å². The Morgan fingerprint density at radius 2 is 2.00 bits per heavy atom. The molecule has 1 fully saturated rings. The van der Waals surface area contributed by atoms with Crippen LogP contribution in [0.2, 0.25) is 0 Å². The third-order valence-electron chi connectivity index (χ3n) is 3.71. The van der Waals surface area contributed by atoms with E-state index < -0.39 is 23.4 Å². The van der Waals surface area contributed by atoms with Crippen molar-refractivity contribution in [3.05, 3.63) is 30.1 Å². The van der Waals surface area contributed by atoms with Crippen LogP contribution in [0, 0.1) is 5.82 Å². The summed E-state index contributed by atoms with van der Waals surface area (Å²) in [5, 5.41) is 11.9. The minimum atomic E-state index is -1.20. The second-order valence-electron chi connectivity index (χ2n) is 5.06. The number of nitrogens with zero attached hydrogens (tertiary/aromatic N) is 1. The molecule has 0 saturated heterocycles. The van der Waals surface area contributed by atoms with E-state index in [9.17, 15) is 19.1 Å². The molecule has 0 heterocycles. The fourth-order valence-electron chi connectivity index (χ4n) is 2.46. The van der Waals surface area contributed by atoms with Crippen molar-refractivity contribution in [2.75, 3.05) is 11.9 Å². The highest BCUT2D eigenvalue weighted by atomic mass is 19.1. The van der Waals surface area contributed by atoms with Gasteiger partial charge in [-0.05, 0) is 31.0 Å². The number of halogens is 1. The van der Waals surface area contributed by atoms with E-state index in [-0.39, 0.29) is 0 Å². The molecular formula is C14H17FN2O3. The summed E-state index contributed by atoms with van der Waals surface area (Å²) in [4.78, 5) is 24.7. The number of carboxylic acid groups (broad SMARTS) is 1. The summed E-state index contributed by atoms with van der Waals surface area (Å²) in [5.41, 5.74) is -0.820. The molecular weight excluding hydrogens is 263 g/mol. The van der Waals surface area contributed by atoms with Crippen molar-refractivity contribution in [3.8, 4) is 0 Å². The number of aliphatic carboxylic acids is 1. The SMILES string of the molecule is CN(C(=O)NC1(C(=O)O)CCCC1)c1cccc(F)c1. The van der Waals surface area contributed by atoms with E-state index in [2.05, 4.69) is 5.32 Å². The van der Waals surface area contributed by atoms with Crippen LogP contribution in [0.1, 0.15) is 25.7 Å². The summed E-state index contributed by atoms with van der Waals surface area (Å²) in [5.74, 6) is -1.47. The lowest BCUT2D eigenvalue weighted by Crippen LogP contribution is -2.55. The highest BCUT2D eigenvalue weighted by Gasteiger charge is 2.43. The largest absolute Gasteiger partial charge is 0.480 e. The first kappa shape index (κ1) is 14.3. The van der Waals surface area contributed by atoms with Gasteiger partial charge in [0.05, 0.1) is 0 Å². The van der Waals surface area contributed by atoms with Crippen molar-refractivity contribution < 1.29 is 19.1 Å². The number of benzene rings is 1. The number of amides is 2. The zero-order chi connectivity index (χ0) is 14.8. The first-order valence-electron chi connectivity index (χ1n) is 6.49. The van der Waals surface area contributed by atoms with Gasteiger partial charge in [-0.25, -0.2) is 14.0 Å². The van der Waals surface area contributed by atoms with Gasteiger partial charge in [0, 0.05) is 12.7 Å². The molecule has 0 unspecified atom stereocenters. The highest BCUT2D eigenvalue weighted by molar-refractivity contribution is 5.95. The third-order valence-corrected chi connectivity index (χ3v) is 3.71. The van der Waals surface area contributed by atoms with Crippen molar-refractivity contribution in [1.82, 2.24) is 5.32 Å². The first-order chi connectivity index (χ1) is 9.44. The smallest absolute Gasteiger partial charge is 0.329 e. The zero-order valence-electron chi connectivity index (χ0n) is 11.2. The monoisotopic (exact) mass is 280 g/mol. The molecule has 1 aromatic carbocycles. The average Bonchev–Trinajstić information content (AvgIpc) is 2.87. The van der Waals surface area contributed by atoms with Gasteiger partial charge in [-0.3, -0.25) is 4.90 Å². The molecule has 20 heavy (non-hydrogen) atoms. The van der Waals surface area contributed by atoms with Gasteiger partial charge in [-0.2, -0.15) is 0 Å². The molecule has 108 valence electrons. The molecule has 1 aliphatic carbocycles. The molecule has 2 rings (SSSR count). The lowest BCUT2D eigenvalue weighted by atomic mass is 9.98. The van der Waals surface area contributed by atoms with Crippen LogP contribution in [0.15, 0.2) is 24.3 Å². The minimum Gasteiger partial charge on any atom is -0.480 e. The van der Waals surface area contributed by atoms with Gasteiger partial charge < -0.3 is 10.4 Å². The average molecular weight is 280 g/mol. The quantitative estimate of drug-likeness (QED) is 0.893. The Bertz CT molecular complexity index is 527. The van der Waals surface area contributed by atoms with Crippen LogP contribution in [0.3, 0.4) is 0 Å². The fourth-order valence-corrected chi connectivity index (χ4v) is 2.46. The lowest BCUT2D eigenvalue weighted by Gasteiger charge is -2.28. The molecule has 0 bridgehead atoms. The molecule has 0 aliphatic heterocycles. The number of carboxylic acids is 1. The third kappa shape index (κ3) is 2.74. The normalized spacial score (nSPS) is 16.7. The summed E-state index contributed by atoms with van der Waals surface area (Å²) < 4.78 is 13.1. The van der Waals surface area contributed by atoms with Gasteiger partial charge in [-0.15, -0.1) is 0 Å². The second kappa shape index (κ2) is 5.48. The van der Waals surface area contributed by atoms with Gasteiger partial charge in [0.2, 0.25) is 0 Å². The molecule has 1 aromatic rings. The summed E-state index contributed by atoms with van der Waals surface area (Å²) >= 11 is 0.